The molecule has 0 aromatic carbocycles. The van der Waals surface area contributed by atoms with Crippen LogP contribution in [-0.4, -0.2) is 42.0 Å². The predicted molar refractivity (Wildman–Crippen MR) is 80.0 cm³/mol. The fraction of sp³-hybridized carbons (Fsp3) is 0.615. The van der Waals surface area contributed by atoms with Crippen molar-refractivity contribution in [2.45, 2.75) is 43.8 Å². The molecule has 3 N–H and O–H groups in total. The van der Waals surface area contributed by atoms with Gasteiger partial charge in [-0.05, 0) is 33.8 Å². The van der Waals surface area contributed by atoms with Crippen molar-refractivity contribution in [3.8, 4) is 0 Å². The number of hydrogen-bond donors (Lipinski definition) is 2. The lowest BCUT2D eigenvalue weighted by Gasteiger charge is -2.46. The van der Waals surface area contributed by atoms with Crippen LogP contribution in [0.25, 0.3) is 0 Å². The van der Waals surface area contributed by atoms with E-state index in [1.54, 1.807) is 0 Å². The summed E-state index contributed by atoms with van der Waals surface area (Å²) in [6.07, 6.45) is 1.42. The number of ether oxygens (including phenoxy) is 1. The molecule has 8 heteroatoms. The van der Waals surface area contributed by atoms with E-state index in [4.69, 9.17) is 10.6 Å². The normalized spacial score (nSPS) is 22.0. The predicted octanol–water partition coefficient (Wildman–Crippen LogP) is 0.945. The van der Waals surface area contributed by atoms with Crippen molar-refractivity contribution in [2.24, 2.45) is 5.84 Å². The van der Waals surface area contributed by atoms with Gasteiger partial charge < -0.3 is 10.2 Å². The number of sulfonamides is 1. The molecule has 0 unspecified atom stereocenters. The Kier molecular flexibility index (Phi) is 4.00. The van der Waals surface area contributed by atoms with Gasteiger partial charge in [0.05, 0.1) is 16.1 Å². The molecule has 1 aromatic heterocycles. The highest BCUT2D eigenvalue weighted by Crippen LogP contribution is 2.31. The van der Waals surface area contributed by atoms with Gasteiger partial charge >= 0.3 is 0 Å². The van der Waals surface area contributed by atoms with Crippen molar-refractivity contribution in [3.63, 3.8) is 0 Å². The summed E-state index contributed by atoms with van der Waals surface area (Å²) in [5.74, 6) is 5.59. The first-order valence-corrected chi connectivity index (χ1v) is 8.13. The molecule has 0 amide bonds. The first kappa shape index (κ1) is 16.2. The Morgan fingerprint density at radius 2 is 1.86 bits per heavy atom. The number of nitrogen functional groups attached to an aromatic ring is 1. The average Bonchev–Trinajstić information content (AvgIpc) is 2.35. The number of pyridine rings is 1. The summed E-state index contributed by atoms with van der Waals surface area (Å²) in [5, 5.41) is 0. The van der Waals surface area contributed by atoms with Gasteiger partial charge in [-0.25, -0.2) is 19.2 Å². The van der Waals surface area contributed by atoms with Gasteiger partial charge in [-0.2, -0.15) is 4.31 Å². The Balaban J connectivity index is 2.38. The number of nitrogens with one attached hydrogen (secondary N) is 1. The third-order valence-electron chi connectivity index (χ3n) is 3.18. The molecule has 7 nitrogen and oxygen atoms in total. The zero-order valence-corrected chi connectivity index (χ0v) is 13.6. The SMILES string of the molecule is CC1(C)CN(S(=O)(=O)c2ccnc(NN)c2)CC(C)(C)O1. The van der Waals surface area contributed by atoms with Gasteiger partial charge in [-0.1, -0.05) is 0 Å². The van der Waals surface area contributed by atoms with E-state index < -0.39 is 21.2 Å². The summed E-state index contributed by atoms with van der Waals surface area (Å²) in [7, 11) is -3.62. The number of anilines is 1. The quantitative estimate of drug-likeness (QED) is 0.637. The van der Waals surface area contributed by atoms with Crippen molar-refractivity contribution in [2.75, 3.05) is 18.5 Å². The van der Waals surface area contributed by atoms with Crippen LogP contribution < -0.4 is 11.3 Å². The second-order valence-electron chi connectivity index (χ2n) is 6.42. The van der Waals surface area contributed by atoms with Crippen LogP contribution in [-0.2, 0) is 14.8 Å². The Labute approximate surface area is 125 Å². The summed E-state index contributed by atoms with van der Waals surface area (Å²) in [6.45, 7) is 8.14. The number of rotatable bonds is 3. The molecule has 118 valence electrons. The van der Waals surface area contributed by atoms with Crippen molar-refractivity contribution in [3.05, 3.63) is 18.3 Å². The van der Waals surface area contributed by atoms with Crippen molar-refractivity contribution in [1.82, 2.24) is 9.29 Å². The van der Waals surface area contributed by atoms with Crippen LogP contribution in [0.1, 0.15) is 27.7 Å². The lowest BCUT2D eigenvalue weighted by atomic mass is 10.0. The molecule has 1 fully saturated rings. The van der Waals surface area contributed by atoms with Gasteiger partial charge in [-0.3, -0.25) is 0 Å². The van der Waals surface area contributed by atoms with E-state index in [1.807, 2.05) is 27.7 Å². The van der Waals surface area contributed by atoms with Gasteiger partial charge in [0, 0.05) is 25.4 Å². The third-order valence-corrected chi connectivity index (χ3v) is 4.97. The minimum atomic E-state index is -3.62. The smallest absolute Gasteiger partial charge is 0.243 e. The van der Waals surface area contributed by atoms with Gasteiger partial charge in [0.2, 0.25) is 10.0 Å². The first-order chi connectivity index (χ1) is 9.56. The number of morpholine rings is 1. The van der Waals surface area contributed by atoms with Crippen LogP contribution in [0.15, 0.2) is 23.2 Å². The summed E-state index contributed by atoms with van der Waals surface area (Å²) in [6, 6.07) is 2.89. The summed E-state index contributed by atoms with van der Waals surface area (Å²) in [4.78, 5) is 4.10. The van der Waals surface area contributed by atoms with Crippen LogP contribution in [0.4, 0.5) is 5.82 Å². The molecule has 0 atom stereocenters. The average molecular weight is 314 g/mol. The van der Waals surface area contributed by atoms with E-state index in [0.29, 0.717) is 18.9 Å². The molecule has 1 aliphatic heterocycles. The molecule has 0 spiro atoms. The lowest BCUT2D eigenvalue weighted by Crippen LogP contribution is -2.58. The van der Waals surface area contributed by atoms with Crippen LogP contribution in [0.5, 0.6) is 0 Å². The zero-order chi connectivity index (χ0) is 15.9. The highest BCUT2D eigenvalue weighted by molar-refractivity contribution is 7.89. The highest BCUT2D eigenvalue weighted by atomic mass is 32.2. The lowest BCUT2D eigenvalue weighted by molar-refractivity contribution is -0.163. The van der Waals surface area contributed by atoms with E-state index in [9.17, 15) is 8.42 Å². The minimum Gasteiger partial charge on any atom is -0.367 e. The van der Waals surface area contributed by atoms with Gasteiger partial charge in [0.1, 0.15) is 5.82 Å². The third kappa shape index (κ3) is 3.52. The number of nitrogens with zero attached hydrogens (tertiary/aromatic N) is 2. The fourth-order valence-electron chi connectivity index (χ4n) is 2.69. The van der Waals surface area contributed by atoms with Crippen LogP contribution in [0, 0.1) is 0 Å². The summed E-state index contributed by atoms with van der Waals surface area (Å²) < 4.78 is 33.0. The van der Waals surface area contributed by atoms with E-state index in [-0.39, 0.29) is 4.90 Å². The van der Waals surface area contributed by atoms with E-state index in [1.165, 1.54) is 22.6 Å². The second-order valence-corrected chi connectivity index (χ2v) is 8.35. The standard InChI is InChI=1S/C13H22N4O3S/c1-12(2)8-17(9-13(3,4)20-12)21(18,19)10-5-6-15-11(7-10)16-14/h5-7H,8-9,14H2,1-4H3,(H,15,16). The van der Waals surface area contributed by atoms with Crippen LogP contribution in [0.3, 0.4) is 0 Å². The molecule has 21 heavy (non-hydrogen) atoms. The Morgan fingerprint density at radius 3 is 2.38 bits per heavy atom. The van der Waals surface area contributed by atoms with Crippen LogP contribution >= 0.6 is 0 Å². The summed E-state index contributed by atoms with van der Waals surface area (Å²) >= 11 is 0. The maximum absolute atomic E-state index is 12.8. The molecule has 0 bridgehead atoms. The van der Waals surface area contributed by atoms with Crippen molar-refractivity contribution < 1.29 is 13.2 Å². The van der Waals surface area contributed by atoms with E-state index in [2.05, 4.69) is 10.4 Å². The molecule has 0 saturated carbocycles. The van der Waals surface area contributed by atoms with Gasteiger partial charge in [0.15, 0.2) is 0 Å². The maximum Gasteiger partial charge on any atom is 0.243 e. The molecule has 0 radical (unpaired) electrons. The number of aromatic nitrogens is 1. The Hall–Kier alpha value is -1.22. The number of nitrogens with two attached hydrogens (primary N) is 1. The van der Waals surface area contributed by atoms with Crippen molar-refractivity contribution >= 4 is 15.8 Å². The van der Waals surface area contributed by atoms with Gasteiger partial charge in [0.25, 0.3) is 0 Å². The largest absolute Gasteiger partial charge is 0.367 e. The molecule has 1 saturated heterocycles. The molecular weight excluding hydrogens is 292 g/mol. The molecular formula is C13H22N4O3S. The summed E-state index contributed by atoms with van der Waals surface area (Å²) in [5.41, 5.74) is 1.27. The first-order valence-electron chi connectivity index (χ1n) is 6.69. The monoisotopic (exact) mass is 314 g/mol. The Bertz CT molecular complexity index is 612. The van der Waals surface area contributed by atoms with E-state index >= 15 is 0 Å². The molecule has 1 aliphatic rings. The molecule has 2 heterocycles. The Morgan fingerprint density at radius 1 is 1.29 bits per heavy atom. The molecule has 2 rings (SSSR count). The number of hydrazine groups is 1. The van der Waals surface area contributed by atoms with Crippen LogP contribution in [0.2, 0.25) is 0 Å². The molecule has 0 aliphatic carbocycles. The zero-order valence-electron chi connectivity index (χ0n) is 12.8. The van der Waals surface area contributed by atoms with Gasteiger partial charge in [-0.15, -0.1) is 0 Å². The fourth-order valence-corrected chi connectivity index (χ4v) is 4.44. The maximum atomic E-state index is 12.8. The topological polar surface area (TPSA) is 97.6 Å². The number of hydrogen-bond acceptors (Lipinski definition) is 6. The highest BCUT2D eigenvalue weighted by Gasteiger charge is 2.43. The molecule has 1 aromatic rings. The second kappa shape index (κ2) is 5.20. The van der Waals surface area contributed by atoms with E-state index in [0.717, 1.165) is 0 Å². The minimum absolute atomic E-state index is 0.166. The van der Waals surface area contributed by atoms with Crippen molar-refractivity contribution in [1.29, 1.82) is 0 Å².